The van der Waals surface area contributed by atoms with Crippen LogP contribution in [0.1, 0.15) is 30.1 Å². The fourth-order valence-electron chi connectivity index (χ4n) is 2.79. The van der Waals surface area contributed by atoms with Crippen LogP contribution in [0.2, 0.25) is 0 Å². The molecule has 1 aromatic carbocycles. The Labute approximate surface area is 147 Å². The zero-order valence-electron chi connectivity index (χ0n) is 13.9. The van der Waals surface area contributed by atoms with Crippen molar-refractivity contribution in [1.82, 2.24) is 9.62 Å². The van der Waals surface area contributed by atoms with Crippen molar-refractivity contribution < 1.29 is 23.1 Å². The van der Waals surface area contributed by atoms with Gasteiger partial charge in [0.15, 0.2) is 0 Å². The number of hydrogen-bond donors (Lipinski definition) is 2. The van der Waals surface area contributed by atoms with Crippen LogP contribution < -0.4 is 4.72 Å². The minimum Gasteiger partial charge on any atom is -0.481 e. The number of rotatable bonds is 5. The number of benzene rings is 1. The summed E-state index contributed by atoms with van der Waals surface area (Å²) in [7, 11) is -3.80. The van der Waals surface area contributed by atoms with E-state index in [-0.39, 0.29) is 29.5 Å². The lowest BCUT2D eigenvalue weighted by Crippen LogP contribution is -2.48. The predicted molar refractivity (Wildman–Crippen MR) is 91.3 cm³/mol. The molecule has 1 fully saturated rings. The van der Waals surface area contributed by atoms with Gasteiger partial charge in [-0.15, -0.1) is 6.42 Å². The molecule has 2 N–H and O–H groups in total. The topological polar surface area (TPSA) is 104 Å². The van der Waals surface area contributed by atoms with E-state index in [1.54, 1.807) is 6.92 Å². The van der Waals surface area contributed by atoms with Gasteiger partial charge in [0, 0.05) is 18.7 Å². The highest BCUT2D eigenvalue weighted by Crippen LogP contribution is 2.30. The van der Waals surface area contributed by atoms with Crippen molar-refractivity contribution in [2.75, 3.05) is 19.6 Å². The molecule has 1 aliphatic heterocycles. The molecule has 0 spiro atoms. The van der Waals surface area contributed by atoms with Crippen molar-refractivity contribution in [3.63, 3.8) is 0 Å². The third kappa shape index (κ3) is 4.18. The van der Waals surface area contributed by atoms with Crippen LogP contribution in [0.25, 0.3) is 0 Å². The molecular formula is C17H20N2O5S. The number of carboxylic acid groups (broad SMARTS) is 1. The smallest absolute Gasteiger partial charge is 0.311 e. The monoisotopic (exact) mass is 364 g/mol. The molecular weight excluding hydrogens is 344 g/mol. The van der Waals surface area contributed by atoms with E-state index < -0.39 is 21.4 Å². The zero-order valence-corrected chi connectivity index (χ0v) is 14.7. The van der Waals surface area contributed by atoms with Crippen LogP contribution in [0.4, 0.5) is 0 Å². The average molecular weight is 364 g/mol. The Morgan fingerprint density at radius 2 is 2.16 bits per heavy atom. The van der Waals surface area contributed by atoms with E-state index in [1.165, 1.54) is 29.2 Å². The van der Waals surface area contributed by atoms with Gasteiger partial charge in [-0.25, -0.2) is 8.42 Å². The van der Waals surface area contributed by atoms with Gasteiger partial charge in [0.25, 0.3) is 5.91 Å². The molecule has 1 heterocycles. The number of carbonyl (C=O) groups is 2. The van der Waals surface area contributed by atoms with E-state index >= 15 is 0 Å². The number of carboxylic acids is 1. The number of aliphatic carboxylic acids is 1. The van der Waals surface area contributed by atoms with E-state index in [9.17, 15) is 23.1 Å². The molecule has 1 aliphatic rings. The number of hydrogen-bond acceptors (Lipinski definition) is 4. The number of likely N-dealkylation sites (tertiary alicyclic amines) is 1. The maximum Gasteiger partial charge on any atom is 0.311 e. The van der Waals surface area contributed by atoms with Gasteiger partial charge in [-0.05, 0) is 38.0 Å². The molecule has 1 saturated heterocycles. The van der Waals surface area contributed by atoms with Gasteiger partial charge in [0.05, 0.1) is 16.9 Å². The summed E-state index contributed by atoms with van der Waals surface area (Å²) in [4.78, 5) is 25.5. The third-order valence-electron chi connectivity index (χ3n) is 4.26. The highest BCUT2D eigenvalue weighted by molar-refractivity contribution is 7.89. The van der Waals surface area contributed by atoms with Gasteiger partial charge in [-0.3, -0.25) is 9.59 Å². The minimum absolute atomic E-state index is 0.0633. The molecule has 1 amide bonds. The number of sulfonamides is 1. The first-order chi connectivity index (χ1) is 11.7. The van der Waals surface area contributed by atoms with Crippen LogP contribution in [0.3, 0.4) is 0 Å². The number of amides is 1. The van der Waals surface area contributed by atoms with Crippen LogP contribution >= 0.6 is 0 Å². The highest BCUT2D eigenvalue weighted by atomic mass is 32.2. The molecule has 2 rings (SSSR count). The second kappa shape index (κ2) is 7.25. The van der Waals surface area contributed by atoms with Gasteiger partial charge in [0.2, 0.25) is 10.0 Å². The summed E-state index contributed by atoms with van der Waals surface area (Å²) in [5, 5.41) is 9.36. The Bertz CT molecular complexity index is 828. The fraction of sp³-hybridized carbons (Fsp3) is 0.412. The maximum absolute atomic E-state index is 12.7. The van der Waals surface area contributed by atoms with Crippen molar-refractivity contribution in [3.05, 3.63) is 29.8 Å². The molecule has 0 aliphatic carbocycles. The Morgan fingerprint density at radius 1 is 1.44 bits per heavy atom. The summed E-state index contributed by atoms with van der Waals surface area (Å²) in [6.07, 6.45) is 6.13. The molecule has 0 aromatic heterocycles. The quantitative estimate of drug-likeness (QED) is 0.757. The molecule has 1 aromatic rings. The van der Waals surface area contributed by atoms with Crippen LogP contribution in [0.5, 0.6) is 0 Å². The average Bonchev–Trinajstić information content (AvgIpc) is 2.59. The van der Waals surface area contributed by atoms with Crippen molar-refractivity contribution in [2.24, 2.45) is 5.41 Å². The van der Waals surface area contributed by atoms with Crippen LogP contribution in [0.15, 0.2) is 29.2 Å². The number of carbonyl (C=O) groups excluding carboxylic acids is 1. The lowest BCUT2D eigenvalue weighted by Gasteiger charge is -2.37. The lowest BCUT2D eigenvalue weighted by molar-refractivity contribution is -0.150. The van der Waals surface area contributed by atoms with Crippen molar-refractivity contribution in [3.8, 4) is 12.3 Å². The zero-order chi connectivity index (χ0) is 18.7. The minimum atomic E-state index is -3.80. The van der Waals surface area contributed by atoms with E-state index in [1.807, 2.05) is 0 Å². The first kappa shape index (κ1) is 19.0. The molecule has 7 nitrogen and oxygen atoms in total. The van der Waals surface area contributed by atoms with Gasteiger partial charge in [-0.2, -0.15) is 4.72 Å². The molecule has 1 unspecified atom stereocenters. The molecule has 134 valence electrons. The van der Waals surface area contributed by atoms with E-state index in [4.69, 9.17) is 6.42 Å². The summed E-state index contributed by atoms with van der Waals surface area (Å²) in [6, 6.07) is 5.62. The number of terminal acetylenes is 1. The summed E-state index contributed by atoms with van der Waals surface area (Å²) in [5.74, 6) is 0.849. The standard InChI is InChI=1S/C17H20N2O5S/c1-3-9-18-25(23,24)14-7-4-6-13(11-14)15(20)19-10-5-8-17(2,12-19)16(21)22/h1,4,6-7,11,18H,5,8-10,12H2,2H3,(H,21,22). The van der Waals surface area contributed by atoms with Crippen molar-refractivity contribution in [1.29, 1.82) is 0 Å². The highest BCUT2D eigenvalue weighted by Gasteiger charge is 2.39. The molecule has 1 atom stereocenters. The number of nitrogens with one attached hydrogen (secondary N) is 1. The normalized spacial score (nSPS) is 20.7. The molecule has 25 heavy (non-hydrogen) atoms. The Hall–Kier alpha value is -2.37. The van der Waals surface area contributed by atoms with E-state index in [0.29, 0.717) is 19.4 Å². The second-order valence-corrected chi connectivity index (χ2v) is 8.02. The van der Waals surface area contributed by atoms with Crippen LogP contribution in [-0.4, -0.2) is 49.9 Å². The molecule has 0 bridgehead atoms. The summed E-state index contributed by atoms with van der Waals surface area (Å²) in [6.45, 7) is 1.99. The van der Waals surface area contributed by atoms with Crippen molar-refractivity contribution in [2.45, 2.75) is 24.7 Å². The SMILES string of the molecule is C#CCNS(=O)(=O)c1cccc(C(=O)N2CCCC(C)(C(=O)O)C2)c1. The maximum atomic E-state index is 12.7. The largest absolute Gasteiger partial charge is 0.481 e. The third-order valence-corrected chi connectivity index (χ3v) is 5.65. The van der Waals surface area contributed by atoms with Crippen LogP contribution in [-0.2, 0) is 14.8 Å². The molecule has 0 radical (unpaired) electrons. The van der Waals surface area contributed by atoms with Gasteiger partial charge in [-0.1, -0.05) is 12.0 Å². The first-order valence-electron chi connectivity index (χ1n) is 7.75. The Balaban J connectivity index is 2.25. The van der Waals surface area contributed by atoms with Gasteiger partial charge < -0.3 is 10.0 Å². The molecule has 0 saturated carbocycles. The lowest BCUT2D eigenvalue weighted by atomic mass is 9.82. The van der Waals surface area contributed by atoms with E-state index in [2.05, 4.69) is 10.6 Å². The number of piperidine rings is 1. The second-order valence-electron chi connectivity index (χ2n) is 6.25. The number of nitrogens with zero attached hydrogens (tertiary/aromatic N) is 1. The summed E-state index contributed by atoms with van der Waals surface area (Å²) < 4.78 is 26.5. The van der Waals surface area contributed by atoms with Crippen LogP contribution in [0, 0.1) is 17.8 Å². The van der Waals surface area contributed by atoms with Crippen molar-refractivity contribution >= 4 is 21.9 Å². The van der Waals surface area contributed by atoms with Gasteiger partial charge in [0.1, 0.15) is 0 Å². The first-order valence-corrected chi connectivity index (χ1v) is 9.24. The molecule has 8 heteroatoms. The fourth-order valence-corrected chi connectivity index (χ4v) is 3.77. The Morgan fingerprint density at radius 3 is 2.80 bits per heavy atom. The predicted octanol–water partition coefficient (Wildman–Crippen LogP) is 0.925. The van der Waals surface area contributed by atoms with E-state index in [0.717, 1.165) is 0 Å². The summed E-state index contributed by atoms with van der Waals surface area (Å²) in [5.41, 5.74) is -0.801. The summed E-state index contributed by atoms with van der Waals surface area (Å²) >= 11 is 0. The van der Waals surface area contributed by atoms with Gasteiger partial charge >= 0.3 is 5.97 Å². The Kier molecular flexibility index (Phi) is 5.50.